The molecule has 7 nitrogen and oxygen atoms in total. The molecule has 1 saturated heterocycles. The molecule has 0 spiro atoms. The Hall–Kier alpha value is -2.19. The van der Waals surface area contributed by atoms with Crippen molar-refractivity contribution in [2.75, 3.05) is 13.1 Å². The Morgan fingerprint density at radius 2 is 1.81 bits per heavy atom. The zero-order valence-corrected chi connectivity index (χ0v) is 23.1. The maximum absolute atomic E-state index is 13.2. The third kappa shape index (κ3) is 7.90. The molecule has 1 heterocycles. The largest absolute Gasteiger partial charge is 0.447 e. The number of thiocarbonyl (C=S) groups is 1. The van der Waals surface area contributed by atoms with Gasteiger partial charge in [-0.1, -0.05) is 56.4 Å². The van der Waals surface area contributed by atoms with Crippen molar-refractivity contribution >= 4 is 29.2 Å². The molecule has 8 heteroatoms. The average molecular weight is 517 g/mol. The highest BCUT2D eigenvalue weighted by Crippen LogP contribution is 2.31. The third-order valence-corrected chi connectivity index (χ3v) is 7.90. The van der Waals surface area contributed by atoms with E-state index in [1.807, 2.05) is 36.9 Å². The van der Waals surface area contributed by atoms with Crippen LogP contribution in [0.5, 0.6) is 0 Å². The van der Waals surface area contributed by atoms with Crippen LogP contribution in [0.3, 0.4) is 0 Å². The summed E-state index contributed by atoms with van der Waals surface area (Å²) in [6.45, 7) is 9.24. The van der Waals surface area contributed by atoms with Gasteiger partial charge in [-0.3, -0.25) is 4.79 Å². The lowest BCUT2D eigenvalue weighted by Crippen LogP contribution is -2.58. The van der Waals surface area contributed by atoms with E-state index in [0.29, 0.717) is 30.0 Å². The van der Waals surface area contributed by atoms with Crippen LogP contribution in [0.25, 0.3) is 0 Å². The Morgan fingerprint density at radius 1 is 1.14 bits per heavy atom. The number of alkyl carbamates (subject to hydrolysis) is 1. The number of carbonyl (C=O) groups excluding carboxylic acids is 2. The van der Waals surface area contributed by atoms with Crippen molar-refractivity contribution < 1.29 is 14.3 Å². The minimum atomic E-state index is -0.491. The van der Waals surface area contributed by atoms with Crippen LogP contribution in [0, 0.1) is 11.3 Å². The number of hydrogen-bond donors (Lipinski definition) is 3. The number of rotatable bonds is 9. The average Bonchev–Trinajstić information content (AvgIpc) is 3.31. The van der Waals surface area contributed by atoms with Crippen LogP contribution in [0.1, 0.15) is 71.8 Å². The Morgan fingerprint density at radius 3 is 2.44 bits per heavy atom. The lowest BCUT2D eigenvalue weighted by Gasteiger charge is -2.40. The first-order chi connectivity index (χ1) is 17.1. The molecule has 4 N–H and O–H groups in total. The maximum atomic E-state index is 13.2. The maximum Gasteiger partial charge on any atom is 0.407 e. The monoisotopic (exact) mass is 516 g/mol. The van der Waals surface area contributed by atoms with Crippen LogP contribution in [0.15, 0.2) is 30.3 Å². The second-order valence-electron chi connectivity index (χ2n) is 11.4. The molecule has 200 valence electrons. The SMILES string of the molecule is CC(C)OC(=O)N[C@H](C(=S)N1CCC[C@H]1C(=O)NCC1CCC(N)CC1)C(C)(C)Cc1ccccc1. The summed E-state index contributed by atoms with van der Waals surface area (Å²) in [7, 11) is 0. The van der Waals surface area contributed by atoms with Gasteiger partial charge in [-0.25, -0.2) is 4.79 Å². The second-order valence-corrected chi connectivity index (χ2v) is 11.8. The smallest absolute Gasteiger partial charge is 0.407 e. The van der Waals surface area contributed by atoms with Gasteiger partial charge in [0.1, 0.15) is 11.0 Å². The van der Waals surface area contributed by atoms with Crippen molar-refractivity contribution in [2.24, 2.45) is 17.1 Å². The summed E-state index contributed by atoms with van der Waals surface area (Å²) in [6.07, 6.45) is 5.80. The molecule has 2 atom stereocenters. The molecule has 3 rings (SSSR count). The Balaban J connectivity index is 1.72. The molecule has 0 unspecified atom stereocenters. The number of nitrogens with two attached hydrogens (primary N) is 1. The fourth-order valence-electron chi connectivity index (χ4n) is 5.41. The first-order valence-electron chi connectivity index (χ1n) is 13.4. The van der Waals surface area contributed by atoms with Gasteiger partial charge in [0.25, 0.3) is 0 Å². The second kappa shape index (κ2) is 12.9. The normalized spacial score (nSPS) is 23.3. The molecule has 1 saturated carbocycles. The van der Waals surface area contributed by atoms with E-state index >= 15 is 0 Å². The van der Waals surface area contributed by atoms with E-state index in [-0.39, 0.29) is 18.1 Å². The molecule has 0 aromatic heterocycles. The topological polar surface area (TPSA) is 96.7 Å². The summed E-state index contributed by atoms with van der Waals surface area (Å²) in [6, 6.07) is 9.70. The number of likely N-dealkylation sites (tertiary alicyclic amines) is 1. The first kappa shape index (κ1) is 28.4. The molecule has 36 heavy (non-hydrogen) atoms. The van der Waals surface area contributed by atoms with Gasteiger partial charge in [0.2, 0.25) is 5.91 Å². The summed E-state index contributed by atoms with van der Waals surface area (Å²) >= 11 is 6.01. The highest BCUT2D eigenvalue weighted by molar-refractivity contribution is 7.80. The van der Waals surface area contributed by atoms with Gasteiger partial charge in [-0.05, 0) is 75.7 Å². The van der Waals surface area contributed by atoms with Crippen molar-refractivity contribution in [1.29, 1.82) is 0 Å². The van der Waals surface area contributed by atoms with Crippen LogP contribution < -0.4 is 16.4 Å². The van der Waals surface area contributed by atoms with Crippen LogP contribution in [0.4, 0.5) is 4.79 Å². The quantitative estimate of drug-likeness (QED) is 0.426. The first-order valence-corrected chi connectivity index (χ1v) is 13.8. The number of amides is 2. The predicted octanol–water partition coefficient (Wildman–Crippen LogP) is 4.18. The van der Waals surface area contributed by atoms with E-state index in [0.717, 1.165) is 50.5 Å². The number of benzene rings is 1. The molecule has 2 aliphatic rings. The van der Waals surface area contributed by atoms with Gasteiger partial charge in [0.05, 0.1) is 12.1 Å². The standard InChI is InChI=1S/C28H44N4O3S/c1-19(2)35-27(34)31-24(28(3,4)17-20-9-6-5-7-10-20)26(36)32-16-8-11-23(32)25(33)30-18-21-12-14-22(29)15-13-21/h5-7,9-10,19,21-24H,8,11-18,29H2,1-4H3,(H,30,33)(H,31,34)/t21?,22?,23-,24+/m0/s1. The van der Waals surface area contributed by atoms with Gasteiger partial charge in [0.15, 0.2) is 0 Å². The van der Waals surface area contributed by atoms with Crippen molar-refractivity contribution in [3.63, 3.8) is 0 Å². The Bertz CT molecular complexity index is 884. The van der Waals surface area contributed by atoms with Gasteiger partial charge in [0, 0.05) is 19.1 Å². The fraction of sp³-hybridized carbons (Fsp3) is 0.679. The Kier molecular flexibility index (Phi) is 10.1. The summed E-state index contributed by atoms with van der Waals surface area (Å²) < 4.78 is 5.41. The number of hydrogen-bond acceptors (Lipinski definition) is 5. The van der Waals surface area contributed by atoms with E-state index in [9.17, 15) is 9.59 Å². The van der Waals surface area contributed by atoms with Crippen molar-refractivity contribution in [2.45, 2.75) is 96.9 Å². The summed E-state index contributed by atoms with van der Waals surface area (Å²) in [5.74, 6) is 0.509. The number of nitrogens with zero attached hydrogens (tertiary/aromatic N) is 1. The molecule has 1 aliphatic carbocycles. The molecular weight excluding hydrogens is 472 g/mol. The van der Waals surface area contributed by atoms with Crippen LogP contribution in [-0.2, 0) is 16.0 Å². The highest BCUT2D eigenvalue weighted by atomic mass is 32.1. The summed E-state index contributed by atoms with van der Waals surface area (Å²) in [5, 5.41) is 6.23. The van der Waals surface area contributed by atoms with Crippen LogP contribution >= 0.6 is 12.2 Å². The molecule has 1 aliphatic heterocycles. The van der Waals surface area contributed by atoms with E-state index in [1.165, 1.54) is 0 Å². The van der Waals surface area contributed by atoms with Gasteiger partial charge < -0.3 is 26.0 Å². The molecule has 2 amide bonds. The zero-order valence-electron chi connectivity index (χ0n) is 22.3. The van der Waals surface area contributed by atoms with Crippen molar-refractivity contribution in [3.05, 3.63) is 35.9 Å². The van der Waals surface area contributed by atoms with Crippen molar-refractivity contribution in [1.82, 2.24) is 15.5 Å². The van der Waals surface area contributed by atoms with E-state index in [4.69, 9.17) is 22.7 Å². The molecule has 0 bridgehead atoms. The molecule has 0 radical (unpaired) electrons. The summed E-state index contributed by atoms with van der Waals surface area (Å²) in [5.41, 5.74) is 6.79. The van der Waals surface area contributed by atoms with Crippen molar-refractivity contribution in [3.8, 4) is 0 Å². The van der Waals surface area contributed by atoms with Gasteiger partial charge in [-0.15, -0.1) is 0 Å². The van der Waals surface area contributed by atoms with Gasteiger partial charge in [-0.2, -0.15) is 0 Å². The fourth-order valence-corrected chi connectivity index (χ4v) is 6.00. The molecule has 2 fully saturated rings. The molecule has 1 aromatic rings. The Labute approximate surface area is 221 Å². The molecule has 1 aromatic carbocycles. The zero-order chi connectivity index (χ0) is 26.3. The third-order valence-electron chi connectivity index (χ3n) is 7.43. The van der Waals surface area contributed by atoms with Gasteiger partial charge >= 0.3 is 6.09 Å². The van der Waals surface area contributed by atoms with E-state index in [2.05, 4.69) is 36.6 Å². The predicted molar refractivity (Wildman–Crippen MR) is 148 cm³/mol. The number of carbonyl (C=O) groups is 2. The lowest BCUT2D eigenvalue weighted by atomic mass is 9.78. The van der Waals surface area contributed by atoms with Crippen LogP contribution in [0.2, 0.25) is 0 Å². The highest BCUT2D eigenvalue weighted by Gasteiger charge is 2.41. The summed E-state index contributed by atoms with van der Waals surface area (Å²) in [4.78, 5) is 28.6. The molecular formula is C28H44N4O3S. The number of ether oxygens (including phenoxy) is 1. The lowest BCUT2D eigenvalue weighted by molar-refractivity contribution is -0.124. The number of nitrogens with one attached hydrogen (secondary N) is 2. The minimum absolute atomic E-state index is 0.0223. The van der Waals surface area contributed by atoms with E-state index in [1.54, 1.807) is 0 Å². The minimum Gasteiger partial charge on any atom is -0.447 e. The van der Waals surface area contributed by atoms with Crippen LogP contribution in [-0.4, -0.2) is 59.2 Å². The van der Waals surface area contributed by atoms with E-state index < -0.39 is 17.6 Å².